The number of aliphatic carboxylic acids is 1. The third-order valence-corrected chi connectivity index (χ3v) is 2.28. The van der Waals surface area contributed by atoms with E-state index in [2.05, 4.69) is 0 Å². The number of carboxylic acids is 1. The molecule has 0 aromatic heterocycles. The summed E-state index contributed by atoms with van der Waals surface area (Å²) in [5.74, 6) is -1.38. The second kappa shape index (κ2) is 6.67. The highest BCUT2D eigenvalue weighted by Gasteiger charge is 2.18. The summed E-state index contributed by atoms with van der Waals surface area (Å²) in [7, 11) is 0. The van der Waals surface area contributed by atoms with Gasteiger partial charge in [-0.05, 0) is 30.7 Å². The molecule has 0 amide bonds. The van der Waals surface area contributed by atoms with E-state index >= 15 is 0 Å². The number of hydrogen-bond acceptors (Lipinski definition) is 2. The summed E-state index contributed by atoms with van der Waals surface area (Å²) in [6.45, 7) is 0.361. The van der Waals surface area contributed by atoms with Crippen molar-refractivity contribution in [3.8, 4) is 0 Å². The van der Waals surface area contributed by atoms with Crippen molar-refractivity contribution in [3.63, 3.8) is 0 Å². The van der Waals surface area contributed by atoms with Crippen LogP contribution in [0.5, 0.6) is 0 Å². The number of carboxylic acid groups (broad SMARTS) is 1. The van der Waals surface area contributed by atoms with Crippen LogP contribution in [0.2, 0.25) is 5.02 Å². The maximum Gasteiger partial charge on any atom is 0.311 e. The molecule has 0 heterocycles. The number of carbonyl (C=O) groups is 1. The lowest BCUT2D eigenvalue weighted by molar-refractivity contribution is -0.138. The summed E-state index contributed by atoms with van der Waals surface area (Å²) in [5, 5.41) is 9.54. The van der Waals surface area contributed by atoms with E-state index in [1.165, 1.54) is 0 Å². The first-order chi connectivity index (χ1) is 6.65. The molecule has 0 radical (unpaired) electrons. The van der Waals surface area contributed by atoms with Crippen molar-refractivity contribution >= 4 is 30.0 Å². The minimum atomic E-state index is -0.849. The Kier molecular flexibility index (Phi) is 6.32. The quantitative estimate of drug-likeness (QED) is 0.861. The van der Waals surface area contributed by atoms with Gasteiger partial charge < -0.3 is 10.8 Å². The van der Waals surface area contributed by atoms with Crippen LogP contribution in [0.3, 0.4) is 0 Å². The molecule has 0 bridgehead atoms. The summed E-state index contributed by atoms with van der Waals surface area (Å²) in [5.41, 5.74) is 6.09. The fourth-order valence-electron chi connectivity index (χ4n) is 1.29. The predicted molar refractivity (Wildman–Crippen MR) is 62.7 cm³/mol. The van der Waals surface area contributed by atoms with Gasteiger partial charge in [0.15, 0.2) is 0 Å². The first kappa shape index (κ1) is 14.2. The summed E-state index contributed by atoms with van der Waals surface area (Å²) in [6.07, 6.45) is 0.441. The molecule has 0 saturated heterocycles. The van der Waals surface area contributed by atoms with Crippen LogP contribution in [0.25, 0.3) is 0 Å². The van der Waals surface area contributed by atoms with Crippen LogP contribution in [0.1, 0.15) is 17.9 Å². The van der Waals surface area contributed by atoms with Crippen molar-refractivity contribution in [2.24, 2.45) is 5.73 Å². The van der Waals surface area contributed by atoms with E-state index in [1.54, 1.807) is 24.3 Å². The summed E-state index contributed by atoms with van der Waals surface area (Å²) in [6, 6.07) is 6.81. The van der Waals surface area contributed by atoms with Crippen LogP contribution in [0, 0.1) is 0 Å². The second-order valence-electron chi connectivity index (χ2n) is 3.02. The molecule has 1 aromatic carbocycles. The normalized spacial score (nSPS) is 11.6. The Hall–Kier alpha value is -0.770. The van der Waals surface area contributed by atoms with Gasteiger partial charge in [0.25, 0.3) is 0 Å². The molecule has 1 rings (SSSR count). The van der Waals surface area contributed by atoms with Crippen LogP contribution in [-0.2, 0) is 4.79 Å². The third kappa shape index (κ3) is 4.08. The van der Waals surface area contributed by atoms with Crippen molar-refractivity contribution in [1.82, 2.24) is 0 Å². The molecule has 1 unspecified atom stereocenters. The van der Waals surface area contributed by atoms with Gasteiger partial charge in [-0.25, -0.2) is 0 Å². The minimum Gasteiger partial charge on any atom is -0.481 e. The first-order valence-electron chi connectivity index (χ1n) is 4.33. The molecule has 1 atom stereocenters. The molecular formula is C10H13Cl2NO2. The Morgan fingerprint density at radius 3 is 2.33 bits per heavy atom. The molecule has 0 aliphatic heterocycles. The Morgan fingerprint density at radius 2 is 1.93 bits per heavy atom. The van der Waals surface area contributed by atoms with Crippen molar-refractivity contribution < 1.29 is 9.90 Å². The molecule has 0 aliphatic rings. The number of rotatable bonds is 4. The highest BCUT2D eigenvalue weighted by Crippen LogP contribution is 2.21. The van der Waals surface area contributed by atoms with Gasteiger partial charge in [-0.15, -0.1) is 12.4 Å². The number of halogens is 2. The van der Waals surface area contributed by atoms with E-state index in [4.69, 9.17) is 22.4 Å². The molecule has 0 aliphatic carbocycles. The lowest BCUT2D eigenvalue weighted by atomic mass is 9.96. The van der Waals surface area contributed by atoms with Crippen molar-refractivity contribution in [2.45, 2.75) is 12.3 Å². The molecule has 3 nitrogen and oxygen atoms in total. The highest BCUT2D eigenvalue weighted by molar-refractivity contribution is 6.30. The monoisotopic (exact) mass is 249 g/mol. The third-order valence-electron chi connectivity index (χ3n) is 2.03. The topological polar surface area (TPSA) is 63.3 Å². The number of hydrogen-bond donors (Lipinski definition) is 2. The smallest absolute Gasteiger partial charge is 0.311 e. The molecule has 0 saturated carbocycles. The van der Waals surface area contributed by atoms with Crippen molar-refractivity contribution in [2.75, 3.05) is 6.54 Å². The Bertz CT molecular complexity index is 314. The van der Waals surface area contributed by atoms with E-state index in [9.17, 15) is 4.79 Å². The van der Waals surface area contributed by atoms with Gasteiger partial charge in [0, 0.05) is 5.02 Å². The van der Waals surface area contributed by atoms with Gasteiger partial charge in [-0.1, -0.05) is 23.7 Å². The van der Waals surface area contributed by atoms with Gasteiger partial charge in [-0.2, -0.15) is 0 Å². The molecule has 3 N–H and O–H groups in total. The Balaban J connectivity index is 0.00000196. The molecular weight excluding hydrogens is 237 g/mol. The zero-order valence-electron chi connectivity index (χ0n) is 8.02. The Labute approximate surface area is 99.6 Å². The number of nitrogens with two attached hydrogens (primary N) is 1. The van der Waals surface area contributed by atoms with E-state index < -0.39 is 11.9 Å². The van der Waals surface area contributed by atoms with Crippen molar-refractivity contribution in [3.05, 3.63) is 34.9 Å². The second-order valence-corrected chi connectivity index (χ2v) is 3.46. The van der Waals surface area contributed by atoms with E-state index in [0.29, 0.717) is 18.0 Å². The molecule has 0 spiro atoms. The first-order valence-corrected chi connectivity index (χ1v) is 4.71. The maximum atomic E-state index is 10.9. The standard InChI is InChI=1S/C10H12ClNO2.ClH/c11-8-3-1-7(2-4-8)9(5-6-12)10(13)14;/h1-4,9H,5-6,12H2,(H,13,14);1H. The fourth-order valence-corrected chi connectivity index (χ4v) is 1.42. The van der Waals surface area contributed by atoms with Crippen LogP contribution in [-0.4, -0.2) is 17.6 Å². The summed E-state index contributed by atoms with van der Waals surface area (Å²) >= 11 is 5.70. The SMILES string of the molecule is Cl.NCCC(C(=O)O)c1ccc(Cl)cc1. The van der Waals surface area contributed by atoms with E-state index in [1.807, 2.05) is 0 Å². The van der Waals surface area contributed by atoms with Gasteiger partial charge >= 0.3 is 5.97 Å². The van der Waals surface area contributed by atoms with Gasteiger partial charge in [0.05, 0.1) is 5.92 Å². The largest absolute Gasteiger partial charge is 0.481 e. The summed E-state index contributed by atoms with van der Waals surface area (Å²) in [4.78, 5) is 10.9. The van der Waals surface area contributed by atoms with Gasteiger partial charge in [-0.3, -0.25) is 4.79 Å². The highest BCUT2D eigenvalue weighted by atomic mass is 35.5. The molecule has 5 heteroatoms. The van der Waals surface area contributed by atoms with Crippen LogP contribution < -0.4 is 5.73 Å². The molecule has 0 fully saturated rings. The van der Waals surface area contributed by atoms with Crippen LogP contribution >= 0.6 is 24.0 Å². The Morgan fingerprint density at radius 1 is 1.40 bits per heavy atom. The molecule has 15 heavy (non-hydrogen) atoms. The lowest BCUT2D eigenvalue weighted by Gasteiger charge is -2.10. The van der Waals surface area contributed by atoms with Gasteiger partial charge in [0.1, 0.15) is 0 Å². The average molecular weight is 250 g/mol. The molecule has 84 valence electrons. The minimum absolute atomic E-state index is 0. The summed E-state index contributed by atoms with van der Waals surface area (Å²) < 4.78 is 0. The van der Waals surface area contributed by atoms with Gasteiger partial charge in [0.2, 0.25) is 0 Å². The zero-order valence-corrected chi connectivity index (χ0v) is 9.59. The van der Waals surface area contributed by atoms with E-state index in [-0.39, 0.29) is 12.4 Å². The lowest BCUT2D eigenvalue weighted by Crippen LogP contribution is -2.15. The number of benzene rings is 1. The van der Waals surface area contributed by atoms with Crippen LogP contribution in [0.4, 0.5) is 0 Å². The average Bonchev–Trinajstić information content (AvgIpc) is 2.15. The zero-order chi connectivity index (χ0) is 10.6. The predicted octanol–water partition coefficient (Wildman–Crippen LogP) is 2.28. The fraction of sp³-hybridized carbons (Fsp3) is 0.300. The van der Waals surface area contributed by atoms with E-state index in [0.717, 1.165) is 5.56 Å². The van der Waals surface area contributed by atoms with Crippen molar-refractivity contribution in [1.29, 1.82) is 0 Å². The maximum absolute atomic E-state index is 10.9. The van der Waals surface area contributed by atoms with Crippen LogP contribution in [0.15, 0.2) is 24.3 Å². The molecule has 1 aromatic rings.